The Morgan fingerprint density at radius 3 is 1.55 bits per heavy atom. The maximum absolute atomic E-state index is 12.0. The molecule has 0 aliphatic rings. The maximum atomic E-state index is 12.0. The molecule has 0 atom stereocenters. The molecule has 6 rings (SSSR count). The number of ether oxygens (including phenoxy) is 1. The van der Waals surface area contributed by atoms with Crippen molar-refractivity contribution in [3.8, 4) is 12.1 Å². The Kier molecular flexibility index (Phi) is 12.7. The summed E-state index contributed by atoms with van der Waals surface area (Å²) in [6, 6.07) is 14.6. The van der Waals surface area contributed by atoms with Gasteiger partial charge in [-0.2, -0.15) is 20.7 Å². The molecular weight excluding hydrogens is 747 g/mol. The van der Waals surface area contributed by atoms with Crippen LogP contribution in [0.4, 0.5) is 0 Å². The minimum Gasteiger partial charge on any atom is -0.478 e. The van der Waals surface area contributed by atoms with Crippen LogP contribution in [-0.4, -0.2) is 63.4 Å². The highest BCUT2D eigenvalue weighted by Crippen LogP contribution is 2.32. The number of nitriles is 2. The largest absolute Gasteiger partial charge is 0.478 e. The molecule has 3 N–H and O–H groups in total. The Balaban J connectivity index is 0.000000241. The summed E-state index contributed by atoms with van der Waals surface area (Å²) in [4.78, 5) is 31.9. The van der Waals surface area contributed by atoms with Gasteiger partial charge in [0.05, 0.1) is 52.0 Å². The summed E-state index contributed by atoms with van der Waals surface area (Å²) in [5.74, 6) is -1.79. The van der Waals surface area contributed by atoms with Crippen molar-refractivity contribution < 1.29 is 29.6 Å². The van der Waals surface area contributed by atoms with Gasteiger partial charge in [-0.3, -0.25) is 19.3 Å². The Bertz CT molecular complexity index is 2500. The van der Waals surface area contributed by atoms with E-state index in [1.807, 2.05) is 24.3 Å². The fourth-order valence-electron chi connectivity index (χ4n) is 5.74. The Morgan fingerprint density at radius 1 is 0.764 bits per heavy atom. The van der Waals surface area contributed by atoms with Crippen molar-refractivity contribution in [2.45, 2.75) is 66.3 Å². The van der Waals surface area contributed by atoms with Gasteiger partial charge in [0.15, 0.2) is 11.4 Å². The number of carbonyl (C=O) groups is 2. The van der Waals surface area contributed by atoms with Crippen LogP contribution < -0.4 is 0 Å². The lowest BCUT2D eigenvalue weighted by Gasteiger charge is -2.21. The topological polar surface area (TPSA) is 213 Å². The average Bonchev–Trinajstić information content (AvgIpc) is 3.70. The summed E-state index contributed by atoms with van der Waals surface area (Å²) in [7, 11) is 0. The van der Waals surface area contributed by atoms with Crippen molar-refractivity contribution in [2.75, 3.05) is 6.61 Å². The van der Waals surface area contributed by atoms with Gasteiger partial charge in [-0.25, -0.2) is 9.59 Å². The summed E-state index contributed by atoms with van der Waals surface area (Å²) >= 11 is 12.1. The number of nitrogens with zero attached hydrogens (tertiary/aromatic N) is 8. The second-order valence-electron chi connectivity index (χ2n) is 13.3. The maximum Gasteiger partial charge on any atom is 0.342 e. The van der Waals surface area contributed by atoms with Gasteiger partial charge < -0.3 is 20.1 Å². The predicted octanol–water partition coefficient (Wildman–Crippen LogP) is 6.98. The van der Waals surface area contributed by atoms with Gasteiger partial charge in [0, 0.05) is 46.7 Å². The monoisotopic (exact) mass is 784 g/mol. The highest BCUT2D eigenvalue weighted by Gasteiger charge is 2.24. The van der Waals surface area contributed by atoms with Crippen molar-refractivity contribution in [1.82, 2.24) is 29.5 Å². The zero-order valence-corrected chi connectivity index (χ0v) is 31.3. The number of carboxylic acids is 1. The molecule has 4 heterocycles. The van der Waals surface area contributed by atoms with Gasteiger partial charge in [-0.05, 0) is 82.1 Å². The molecule has 0 saturated carbocycles. The lowest BCUT2D eigenvalue weighted by Crippen LogP contribution is -2.17. The molecule has 284 valence electrons. The number of halogens is 2. The number of carboxylic acid groups (broad SMARTS) is 1. The quantitative estimate of drug-likeness (QED) is 0.127. The van der Waals surface area contributed by atoms with E-state index in [9.17, 15) is 25.1 Å². The number of fused-ring (bicyclic) bond motifs is 2. The molecule has 0 aliphatic carbocycles. The van der Waals surface area contributed by atoms with Gasteiger partial charge in [-0.1, -0.05) is 30.6 Å². The number of aliphatic hydroxyl groups is 2. The van der Waals surface area contributed by atoms with Crippen LogP contribution in [0.1, 0.15) is 96.4 Å². The molecule has 6 aromatic rings. The van der Waals surface area contributed by atoms with E-state index in [1.54, 1.807) is 58.9 Å². The van der Waals surface area contributed by atoms with Gasteiger partial charge in [0.1, 0.15) is 23.3 Å². The van der Waals surface area contributed by atoms with Crippen LogP contribution in [0, 0.1) is 22.7 Å². The van der Waals surface area contributed by atoms with Crippen LogP contribution in [0.2, 0.25) is 10.0 Å². The number of aromatic carboxylic acids is 1. The van der Waals surface area contributed by atoms with Gasteiger partial charge in [-0.15, -0.1) is 0 Å². The zero-order chi connectivity index (χ0) is 39.5. The molecule has 14 nitrogen and oxygen atoms in total. The van der Waals surface area contributed by atoms with E-state index in [2.05, 4.69) is 20.2 Å². The third kappa shape index (κ3) is 9.62. The van der Waals surface area contributed by atoms with Crippen LogP contribution in [0.3, 0.4) is 0 Å². The zero-order valence-electron chi connectivity index (χ0n) is 29.8. The molecule has 2 aromatic carbocycles. The second-order valence-corrected chi connectivity index (χ2v) is 14.2. The van der Waals surface area contributed by atoms with E-state index in [1.165, 1.54) is 34.2 Å². The van der Waals surface area contributed by atoms with Crippen LogP contribution in [0.5, 0.6) is 0 Å². The molecule has 4 aromatic heterocycles. The van der Waals surface area contributed by atoms with Crippen LogP contribution >= 0.6 is 23.2 Å². The molecule has 0 saturated heterocycles. The Hall–Kier alpha value is -5.90. The van der Waals surface area contributed by atoms with Gasteiger partial charge in [0.25, 0.3) is 0 Å². The van der Waals surface area contributed by atoms with E-state index in [0.29, 0.717) is 38.8 Å². The number of rotatable bonds is 9. The lowest BCUT2D eigenvalue weighted by molar-refractivity contribution is 0.0525. The molecule has 0 aliphatic heterocycles. The predicted molar refractivity (Wildman–Crippen MR) is 206 cm³/mol. The van der Waals surface area contributed by atoms with Crippen molar-refractivity contribution in [2.24, 2.45) is 0 Å². The molecule has 0 unspecified atom stereocenters. The molecular formula is C39H38Cl2N8O6. The highest BCUT2D eigenvalue weighted by atomic mass is 35.5. The number of hydrogen-bond donors (Lipinski definition) is 3. The highest BCUT2D eigenvalue weighted by molar-refractivity contribution is 6.31. The third-order valence-electron chi connectivity index (χ3n) is 8.09. The fraction of sp³-hybridized carbons (Fsp3) is 0.282. The van der Waals surface area contributed by atoms with E-state index < -0.39 is 23.1 Å². The van der Waals surface area contributed by atoms with E-state index >= 15 is 0 Å². The van der Waals surface area contributed by atoms with E-state index in [0.717, 1.165) is 21.9 Å². The third-order valence-corrected chi connectivity index (χ3v) is 8.50. The van der Waals surface area contributed by atoms with Crippen molar-refractivity contribution in [1.29, 1.82) is 10.5 Å². The summed E-state index contributed by atoms with van der Waals surface area (Å²) in [5, 5.41) is 59.1. The number of hydrogen-bond acceptors (Lipinski definition) is 11. The van der Waals surface area contributed by atoms with Crippen molar-refractivity contribution >= 4 is 56.9 Å². The first-order valence-corrected chi connectivity index (χ1v) is 17.1. The van der Waals surface area contributed by atoms with Crippen molar-refractivity contribution in [3.05, 3.63) is 116 Å². The van der Waals surface area contributed by atoms with E-state index in [-0.39, 0.29) is 43.1 Å². The number of benzene rings is 2. The normalized spacial score (nSPS) is 11.3. The number of carbonyl (C=O) groups excluding carboxylic acids is 1. The molecule has 0 bridgehead atoms. The first-order chi connectivity index (χ1) is 25.4. The van der Waals surface area contributed by atoms with Crippen LogP contribution in [0.25, 0.3) is 21.8 Å². The lowest BCUT2D eigenvalue weighted by atomic mass is 9.93. The SMILES string of the molecule is C.CC(C)(O)c1cc(Cn2cc(C(=O)O)c(C#N)n2)cc2cc(Cl)cnc12.CCOC(=O)c1cn(Cc2cc(C(C)(C)O)c3ncc(Cl)cc3c2)nc1C#N. The summed E-state index contributed by atoms with van der Waals surface area (Å²) in [6.07, 6.45) is 5.85. The minimum absolute atomic E-state index is 0. The molecule has 16 heteroatoms. The number of esters is 1. The standard InChI is InChI=1S/C20H19ClN4O3.C18H15ClN4O3.CH4/c1-4-28-19(26)15-11-25(24-17(15)8-22)10-12-5-13-7-14(21)9-23-18(13)16(6-12)20(2,3)27;1-18(2,26)14-4-10(3-11-5-12(19)7-21-16(11)14)8-23-9-13(17(24)25)15(6-20)22-23;/h5-7,9,11,27H,4,10H2,1-3H3;3-5,7,9,26H,8H2,1-2H3,(H,24,25);1H4. The second kappa shape index (κ2) is 16.6. The summed E-state index contributed by atoms with van der Waals surface area (Å²) < 4.78 is 7.85. The summed E-state index contributed by atoms with van der Waals surface area (Å²) in [6.45, 7) is 9.11. The van der Waals surface area contributed by atoms with Gasteiger partial charge >= 0.3 is 11.9 Å². The molecule has 55 heavy (non-hydrogen) atoms. The molecule has 0 amide bonds. The first kappa shape index (κ1) is 41.9. The molecule has 0 radical (unpaired) electrons. The van der Waals surface area contributed by atoms with E-state index in [4.69, 9.17) is 38.3 Å². The smallest absolute Gasteiger partial charge is 0.342 e. The number of pyridine rings is 2. The fourth-order valence-corrected chi connectivity index (χ4v) is 6.08. The van der Waals surface area contributed by atoms with Crippen LogP contribution in [-0.2, 0) is 29.0 Å². The molecule has 0 spiro atoms. The Labute approximate surface area is 326 Å². The minimum atomic E-state index is -1.21. The van der Waals surface area contributed by atoms with Crippen LogP contribution in [0.15, 0.2) is 61.2 Å². The average molecular weight is 786 g/mol. The summed E-state index contributed by atoms with van der Waals surface area (Å²) in [5.41, 5.74) is 1.72. The van der Waals surface area contributed by atoms with Crippen molar-refractivity contribution in [3.63, 3.8) is 0 Å². The number of aromatic nitrogens is 6. The first-order valence-electron chi connectivity index (χ1n) is 16.4. The van der Waals surface area contributed by atoms with Gasteiger partial charge in [0.2, 0.25) is 0 Å². The Morgan fingerprint density at radius 2 is 1.18 bits per heavy atom. The molecule has 0 fully saturated rings.